The molecule has 4 rings (SSSR count). The van der Waals surface area contributed by atoms with E-state index in [-0.39, 0.29) is 5.91 Å². The van der Waals surface area contributed by atoms with Crippen molar-refractivity contribution in [2.75, 3.05) is 44.4 Å². The number of aryl methyl sites for hydroxylation is 1. The summed E-state index contributed by atoms with van der Waals surface area (Å²) in [4.78, 5) is 23.4. The molecule has 1 aliphatic heterocycles. The molecule has 1 fully saturated rings. The van der Waals surface area contributed by atoms with Crippen molar-refractivity contribution >= 4 is 22.5 Å². The van der Waals surface area contributed by atoms with Crippen LogP contribution in [0.5, 0.6) is 5.88 Å². The van der Waals surface area contributed by atoms with Crippen LogP contribution in [0, 0.1) is 6.92 Å². The Morgan fingerprint density at radius 1 is 1.10 bits per heavy atom. The molecular weight excluding hydrogens is 368 g/mol. The molecular formula is C22H24N4O3. The molecule has 0 saturated carbocycles. The second-order valence-corrected chi connectivity index (χ2v) is 6.88. The maximum Gasteiger partial charge on any atom is 0.251 e. The number of aromatic nitrogens is 2. The minimum absolute atomic E-state index is 0.118. The van der Waals surface area contributed by atoms with E-state index in [4.69, 9.17) is 9.47 Å². The number of benzene rings is 2. The van der Waals surface area contributed by atoms with Gasteiger partial charge in [-0.05, 0) is 29.8 Å². The molecule has 0 spiro atoms. The number of nitrogens with zero attached hydrogens (tertiary/aromatic N) is 3. The van der Waals surface area contributed by atoms with Crippen molar-refractivity contribution < 1.29 is 14.3 Å². The summed E-state index contributed by atoms with van der Waals surface area (Å²) < 4.78 is 11.1. The highest BCUT2D eigenvalue weighted by molar-refractivity contribution is 5.98. The van der Waals surface area contributed by atoms with Gasteiger partial charge in [0, 0.05) is 24.7 Å². The Labute approximate surface area is 169 Å². The van der Waals surface area contributed by atoms with Crippen molar-refractivity contribution in [1.29, 1.82) is 0 Å². The van der Waals surface area contributed by atoms with E-state index in [9.17, 15) is 4.79 Å². The zero-order valence-corrected chi connectivity index (χ0v) is 16.4. The monoisotopic (exact) mass is 392 g/mol. The molecule has 7 heteroatoms. The van der Waals surface area contributed by atoms with Crippen LogP contribution in [-0.2, 0) is 4.74 Å². The van der Waals surface area contributed by atoms with Crippen molar-refractivity contribution in [1.82, 2.24) is 15.3 Å². The molecule has 1 saturated heterocycles. The van der Waals surface area contributed by atoms with E-state index < -0.39 is 0 Å². The van der Waals surface area contributed by atoms with Gasteiger partial charge in [0.25, 0.3) is 5.91 Å². The van der Waals surface area contributed by atoms with E-state index in [1.165, 1.54) is 0 Å². The van der Waals surface area contributed by atoms with Gasteiger partial charge in [-0.15, -0.1) is 0 Å². The number of morpholine rings is 1. The standard InChI is InChI=1S/C22H24N4O3/c1-16-24-20(26-9-12-28-13-10-26)15-21(25-16)29-11-8-23-22(27)19-7-6-17-4-2-3-5-18(17)14-19/h2-7,14-15H,8-13H2,1H3,(H,23,27). The summed E-state index contributed by atoms with van der Waals surface area (Å²) in [6, 6.07) is 15.5. The van der Waals surface area contributed by atoms with Crippen LogP contribution in [0.4, 0.5) is 5.82 Å². The van der Waals surface area contributed by atoms with E-state index in [0.717, 1.165) is 29.7 Å². The van der Waals surface area contributed by atoms with Gasteiger partial charge in [-0.3, -0.25) is 4.79 Å². The maximum atomic E-state index is 12.4. The minimum atomic E-state index is -0.118. The lowest BCUT2D eigenvalue weighted by atomic mass is 10.1. The number of carbonyl (C=O) groups excluding carboxylic acids is 1. The van der Waals surface area contributed by atoms with Crippen molar-refractivity contribution in [3.05, 3.63) is 59.9 Å². The van der Waals surface area contributed by atoms with Gasteiger partial charge >= 0.3 is 0 Å². The fraction of sp³-hybridized carbons (Fsp3) is 0.318. The highest BCUT2D eigenvalue weighted by atomic mass is 16.5. The number of amides is 1. The largest absolute Gasteiger partial charge is 0.476 e. The number of fused-ring (bicyclic) bond motifs is 1. The predicted molar refractivity (Wildman–Crippen MR) is 112 cm³/mol. The first kappa shape index (κ1) is 19.1. The van der Waals surface area contributed by atoms with Gasteiger partial charge in [0.15, 0.2) is 0 Å². The van der Waals surface area contributed by atoms with Gasteiger partial charge < -0.3 is 19.7 Å². The molecule has 0 atom stereocenters. The Balaban J connectivity index is 1.31. The number of rotatable bonds is 6. The molecule has 1 aliphatic rings. The fourth-order valence-electron chi connectivity index (χ4n) is 3.31. The molecule has 2 aromatic carbocycles. The third-order valence-corrected chi connectivity index (χ3v) is 4.79. The Morgan fingerprint density at radius 3 is 2.72 bits per heavy atom. The quantitative estimate of drug-likeness (QED) is 0.650. The van der Waals surface area contributed by atoms with Gasteiger partial charge in [-0.25, -0.2) is 4.98 Å². The van der Waals surface area contributed by atoms with Crippen LogP contribution in [0.3, 0.4) is 0 Å². The average Bonchev–Trinajstić information content (AvgIpc) is 2.76. The number of carbonyl (C=O) groups is 1. The first-order valence-electron chi connectivity index (χ1n) is 9.77. The summed E-state index contributed by atoms with van der Waals surface area (Å²) in [6.45, 7) is 5.56. The maximum absolute atomic E-state index is 12.4. The lowest BCUT2D eigenvalue weighted by molar-refractivity contribution is 0.0946. The number of hydrogen-bond donors (Lipinski definition) is 1. The zero-order valence-electron chi connectivity index (χ0n) is 16.4. The summed E-state index contributed by atoms with van der Waals surface area (Å²) in [7, 11) is 0. The van der Waals surface area contributed by atoms with Crippen molar-refractivity contribution in [3.8, 4) is 5.88 Å². The normalized spacial score (nSPS) is 14.0. The highest BCUT2D eigenvalue weighted by Crippen LogP contribution is 2.19. The molecule has 0 unspecified atom stereocenters. The van der Waals surface area contributed by atoms with Crippen LogP contribution in [0.1, 0.15) is 16.2 Å². The predicted octanol–water partition coefficient (Wildman–Crippen LogP) is 2.58. The van der Waals surface area contributed by atoms with Gasteiger partial charge in [0.1, 0.15) is 18.2 Å². The van der Waals surface area contributed by atoms with Gasteiger partial charge in [0.2, 0.25) is 5.88 Å². The Kier molecular flexibility index (Phi) is 5.86. The first-order valence-corrected chi connectivity index (χ1v) is 9.77. The van der Waals surface area contributed by atoms with E-state index in [0.29, 0.717) is 43.6 Å². The van der Waals surface area contributed by atoms with Crippen LogP contribution in [0.2, 0.25) is 0 Å². The second kappa shape index (κ2) is 8.87. The Hall–Kier alpha value is -3.19. The molecule has 1 amide bonds. The highest BCUT2D eigenvalue weighted by Gasteiger charge is 2.14. The van der Waals surface area contributed by atoms with Crippen LogP contribution >= 0.6 is 0 Å². The Bertz CT molecular complexity index is 1000. The summed E-state index contributed by atoms with van der Waals surface area (Å²) in [5.41, 5.74) is 0.635. The van der Waals surface area contributed by atoms with Crippen molar-refractivity contribution in [2.24, 2.45) is 0 Å². The summed E-state index contributed by atoms with van der Waals surface area (Å²) in [6.07, 6.45) is 0. The lowest BCUT2D eigenvalue weighted by Gasteiger charge is -2.28. The molecule has 0 radical (unpaired) electrons. The average molecular weight is 392 g/mol. The molecule has 1 N–H and O–H groups in total. The second-order valence-electron chi connectivity index (χ2n) is 6.88. The molecule has 0 bridgehead atoms. The van der Waals surface area contributed by atoms with Gasteiger partial charge in [-0.1, -0.05) is 30.3 Å². The van der Waals surface area contributed by atoms with Gasteiger partial charge in [-0.2, -0.15) is 4.98 Å². The molecule has 150 valence electrons. The summed E-state index contributed by atoms with van der Waals surface area (Å²) >= 11 is 0. The van der Waals surface area contributed by atoms with Crippen molar-refractivity contribution in [2.45, 2.75) is 6.92 Å². The number of nitrogens with one attached hydrogen (secondary N) is 1. The fourth-order valence-corrected chi connectivity index (χ4v) is 3.31. The molecule has 7 nitrogen and oxygen atoms in total. The van der Waals surface area contributed by atoms with E-state index >= 15 is 0 Å². The van der Waals surface area contributed by atoms with Crippen LogP contribution in [0.15, 0.2) is 48.5 Å². The number of ether oxygens (including phenoxy) is 2. The van der Waals surface area contributed by atoms with Crippen molar-refractivity contribution in [3.63, 3.8) is 0 Å². The number of anilines is 1. The number of hydrogen-bond acceptors (Lipinski definition) is 6. The zero-order chi connectivity index (χ0) is 20.1. The third kappa shape index (κ3) is 4.81. The molecule has 0 aliphatic carbocycles. The molecule has 29 heavy (non-hydrogen) atoms. The van der Waals surface area contributed by atoms with E-state index in [1.807, 2.05) is 55.5 Å². The summed E-state index contributed by atoms with van der Waals surface area (Å²) in [5.74, 6) is 1.89. The lowest BCUT2D eigenvalue weighted by Crippen LogP contribution is -2.37. The van der Waals surface area contributed by atoms with E-state index in [2.05, 4.69) is 20.2 Å². The smallest absolute Gasteiger partial charge is 0.251 e. The SMILES string of the molecule is Cc1nc(OCCNC(=O)c2ccc3ccccc3c2)cc(N2CCOCC2)n1. The van der Waals surface area contributed by atoms with E-state index in [1.54, 1.807) is 0 Å². The summed E-state index contributed by atoms with van der Waals surface area (Å²) in [5, 5.41) is 5.05. The van der Waals surface area contributed by atoms with Gasteiger partial charge in [0.05, 0.1) is 19.8 Å². The molecule has 1 aromatic heterocycles. The topological polar surface area (TPSA) is 76.6 Å². The van der Waals surface area contributed by atoms with Crippen LogP contribution < -0.4 is 15.0 Å². The molecule has 2 heterocycles. The van der Waals surface area contributed by atoms with Crippen LogP contribution in [-0.4, -0.2) is 55.3 Å². The Morgan fingerprint density at radius 2 is 1.90 bits per heavy atom. The van der Waals surface area contributed by atoms with Crippen LogP contribution in [0.25, 0.3) is 10.8 Å². The molecule has 3 aromatic rings. The first-order chi connectivity index (χ1) is 14.2. The minimum Gasteiger partial charge on any atom is -0.476 e. The third-order valence-electron chi connectivity index (χ3n) is 4.79.